The Bertz CT molecular complexity index is 1730. The van der Waals surface area contributed by atoms with E-state index in [0.717, 1.165) is 15.6 Å². The molecule has 0 atom stereocenters. The van der Waals surface area contributed by atoms with Gasteiger partial charge in [0.25, 0.3) is 10.0 Å². The summed E-state index contributed by atoms with van der Waals surface area (Å²) in [5.41, 5.74) is 8.09. The molecule has 5 aromatic rings. The zero-order chi connectivity index (χ0) is 25.6. The molecule has 7 nitrogen and oxygen atoms in total. The Morgan fingerprint density at radius 1 is 1.00 bits per heavy atom. The first kappa shape index (κ1) is 23.4. The lowest BCUT2D eigenvalue weighted by molar-refractivity contribution is 0.386. The number of nitrogens with zero attached hydrogens (tertiary/aromatic N) is 3. The molecule has 5 rings (SSSR count). The first-order chi connectivity index (χ1) is 17.2. The first-order valence-electron chi connectivity index (χ1n) is 10.8. The van der Waals surface area contributed by atoms with Gasteiger partial charge in [0.15, 0.2) is 17.2 Å². The average Bonchev–Trinajstić information content (AvgIpc) is 3.23. The van der Waals surface area contributed by atoms with E-state index in [1.807, 2.05) is 6.92 Å². The molecule has 0 aliphatic carbocycles. The maximum Gasteiger partial charge on any atom is 0.269 e. The number of pyridine rings is 2. The summed E-state index contributed by atoms with van der Waals surface area (Å²) >= 11 is 0. The van der Waals surface area contributed by atoms with Crippen molar-refractivity contribution in [3.05, 3.63) is 90.3 Å². The number of rotatable bonds is 5. The predicted octanol–water partition coefficient (Wildman–Crippen LogP) is 5.18. The number of aryl methyl sites for hydroxylation is 1. The van der Waals surface area contributed by atoms with Crippen molar-refractivity contribution in [2.24, 2.45) is 0 Å². The third-order valence-electron chi connectivity index (χ3n) is 5.76. The molecule has 182 valence electrons. The van der Waals surface area contributed by atoms with Crippen molar-refractivity contribution in [3.63, 3.8) is 0 Å². The van der Waals surface area contributed by atoms with Gasteiger partial charge in [0.2, 0.25) is 0 Å². The van der Waals surface area contributed by atoms with Gasteiger partial charge in [0.1, 0.15) is 11.6 Å². The molecule has 0 fully saturated rings. The summed E-state index contributed by atoms with van der Waals surface area (Å²) in [7, 11) is -2.85. The Hall–Kier alpha value is -4.31. The summed E-state index contributed by atoms with van der Waals surface area (Å²) in [6.45, 7) is 1.85. The number of methoxy groups -OCH3 is 1. The Morgan fingerprint density at radius 2 is 1.75 bits per heavy atom. The Balaban J connectivity index is 1.84. The number of fused-ring (bicyclic) bond motifs is 1. The molecule has 0 bridgehead atoms. The summed E-state index contributed by atoms with van der Waals surface area (Å²) in [5, 5.41) is 0.329. The van der Waals surface area contributed by atoms with Crippen LogP contribution < -0.4 is 10.5 Å². The second-order valence-electron chi connectivity index (χ2n) is 8.17. The lowest BCUT2D eigenvalue weighted by Gasteiger charge is -2.09. The molecule has 36 heavy (non-hydrogen) atoms. The van der Waals surface area contributed by atoms with Crippen LogP contribution in [0.3, 0.4) is 0 Å². The molecule has 0 amide bonds. The number of anilines is 1. The maximum atomic E-state index is 14.6. The van der Waals surface area contributed by atoms with Crippen LogP contribution in [0.25, 0.3) is 33.4 Å². The van der Waals surface area contributed by atoms with Crippen LogP contribution in [-0.4, -0.2) is 29.5 Å². The number of hydrogen-bond acceptors (Lipinski definition) is 6. The van der Waals surface area contributed by atoms with Crippen LogP contribution in [0.5, 0.6) is 5.75 Å². The fourth-order valence-electron chi connectivity index (χ4n) is 4.02. The van der Waals surface area contributed by atoms with E-state index >= 15 is 0 Å². The van der Waals surface area contributed by atoms with Crippen LogP contribution in [0.4, 0.5) is 14.6 Å². The molecule has 0 aliphatic heterocycles. The number of benzene rings is 2. The van der Waals surface area contributed by atoms with Crippen molar-refractivity contribution in [3.8, 4) is 28.1 Å². The summed E-state index contributed by atoms with van der Waals surface area (Å²) in [6.07, 6.45) is 2.76. The van der Waals surface area contributed by atoms with Crippen molar-refractivity contribution in [2.75, 3.05) is 12.8 Å². The predicted molar refractivity (Wildman–Crippen MR) is 133 cm³/mol. The molecule has 0 unspecified atom stereocenters. The van der Waals surface area contributed by atoms with Gasteiger partial charge in [-0.2, -0.15) is 0 Å². The number of nitrogen functional groups attached to an aromatic ring is 1. The van der Waals surface area contributed by atoms with Gasteiger partial charge in [0.05, 0.1) is 17.7 Å². The van der Waals surface area contributed by atoms with E-state index in [9.17, 15) is 17.2 Å². The lowest BCUT2D eigenvalue weighted by atomic mass is 10.0. The minimum Gasteiger partial charge on any atom is -0.493 e. The van der Waals surface area contributed by atoms with Crippen LogP contribution >= 0.6 is 0 Å². The molecule has 3 aromatic heterocycles. The summed E-state index contributed by atoms with van der Waals surface area (Å²) < 4.78 is 62.3. The Morgan fingerprint density at radius 3 is 2.44 bits per heavy atom. The van der Waals surface area contributed by atoms with Crippen LogP contribution in [0.1, 0.15) is 5.56 Å². The lowest BCUT2D eigenvalue weighted by Crippen LogP contribution is -2.12. The van der Waals surface area contributed by atoms with Gasteiger partial charge in [-0.3, -0.25) is 0 Å². The zero-order valence-corrected chi connectivity index (χ0v) is 20.1. The van der Waals surface area contributed by atoms with Crippen molar-refractivity contribution in [2.45, 2.75) is 11.8 Å². The number of aromatic nitrogens is 3. The molecule has 2 N–H and O–H groups in total. The highest BCUT2D eigenvalue weighted by Crippen LogP contribution is 2.40. The fourth-order valence-corrected chi connectivity index (χ4v) is 5.35. The second-order valence-corrected chi connectivity index (χ2v) is 9.98. The molecular weight excluding hydrogens is 486 g/mol. The fraction of sp³-hybridized carbons (Fsp3) is 0.0769. The van der Waals surface area contributed by atoms with E-state index in [1.54, 1.807) is 36.4 Å². The van der Waals surface area contributed by atoms with Gasteiger partial charge in [-0.15, -0.1) is 0 Å². The van der Waals surface area contributed by atoms with Crippen LogP contribution in [0.15, 0.2) is 78.0 Å². The molecule has 3 heterocycles. The van der Waals surface area contributed by atoms with E-state index in [1.165, 1.54) is 31.6 Å². The Kier molecular flexibility index (Phi) is 5.68. The SMILES string of the molecule is COc1c(F)cc(F)cc1-c1cn(S(=O)(=O)c2ccc(C)cc2)c2ncc(-c3cccc(N)n3)cc12. The van der Waals surface area contributed by atoms with Crippen LogP contribution in [0.2, 0.25) is 0 Å². The number of halogens is 2. The van der Waals surface area contributed by atoms with Crippen molar-refractivity contribution >= 4 is 26.9 Å². The van der Waals surface area contributed by atoms with Gasteiger partial charge in [-0.25, -0.2) is 31.1 Å². The number of hydrogen-bond donors (Lipinski definition) is 1. The highest BCUT2D eigenvalue weighted by molar-refractivity contribution is 7.90. The van der Waals surface area contributed by atoms with Crippen LogP contribution in [-0.2, 0) is 10.0 Å². The third kappa shape index (κ3) is 3.95. The zero-order valence-electron chi connectivity index (χ0n) is 19.2. The van der Waals surface area contributed by atoms with Crippen molar-refractivity contribution in [1.82, 2.24) is 13.9 Å². The van der Waals surface area contributed by atoms with E-state index in [2.05, 4.69) is 9.97 Å². The van der Waals surface area contributed by atoms with Gasteiger partial charge >= 0.3 is 0 Å². The van der Waals surface area contributed by atoms with Gasteiger partial charge in [-0.1, -0.05) is 23.8 Å². The molecule has 2 aromatic carbocycles. The van der Waals surface area contributed by atoms with Crippen LogP contribution in [0, 0.1) is 18.6 Å². The summed E-state index contributed by atoms with van der Waals surface area (Å²) in [4.78, 5) is 8.75. The quantitative estimate of drug-likeness (QED) is 0.353. The van der Waals surface area contributed by atoms with Gasteiger partial charge in [-0.05, 0) is 43.3 Å². The Labute approximate surface area is 205 Å². The first-order valence-corrected chi connectivity index (χ1v) is 12.2. The largest absolute Gasteiger partial charge is 0.493 e. The summed E-state index contributed by atoms with van der Waals surface area (Å²) in [6, 6.07) is 14.9. The normalized spacial score (nSPS) is 11.7. The summed E-state index contributed by atoms with van der Waals surface area (Å²) in [5.74, 6) is -1.69. The number of nitrogens with two attached hydrogens (primary N) is 1. The smallest absolute Gasteiger partial charge is 0.269 e. The molecule has 0 saturated carbocycles. The molecule has 0 aliphatic rings. The highest BCUT2D eigenvalue weighted by atomic mass is 32.2. The van der Waals surface area contributed by atoms with Gasteiger partial charge in [0, 0.05) is 40.5 Å². The van der Waals surface area contributed by atoms with Crippen molar-refractivity contribution in [1.29, 1.82) is 0 Å². The van der Waals surface area contributed by atoms with E-state index < -0.39 is 21.7 Å². The monoisotopic (exact) mass is 506 g/mol. The molecular formula is C26H20F2N4O3S. The standard InChI is InChI=1S/C26H20F2N4O3S/c1-15-6-8-18(9-7-15)36(33,34)32-14-21(19-11-17(27)12-22(28)25(19)35-2)20-10-16(13-30-26(20)32)23-4-3-5-24(29)31-23/h3-14H,1-2H3,(H2,29,31). The highest BCUT2D eigenvalue weighted by Gasteiger charge is 2.26. The minimum atomic E-state index is -4.10. The molecule has 0 spiro atoms. The molecule has 0 radical (unpaired) electrons. The maximum absolute atomic E-state index is 14.6. The van der Waals surface area contributed by atoms with Crippen molar-refractivity contribution < 1.29 is 21.9 Å². The second kappa shape index (κ2) is 8.72. The van der Waals surface area contributed by atoms with E-state index in [4.69, 9.17) is 10.5 Å². The minimum absolute atomic E-state index is 0.0392. The van der Waals surface area contributed by atoms with E-state index in [-0.39, 0.29) is 27.4 Å². The van der Waals surface area contributed by atoms with Gasteiger partial charge < -0.3 is 10.5 Å². The number of ether oxygens (including phenoxy) is 1. The molecule has 10 heteroatoms. The third-order valence-corrected chi connectivity index (χ3v) is 7.42. The van der Waals surface area contributed by atoms with E-state index in [0.29, 0.717) is 28.5 Å². The average molecular weight is 507 g/mol. The molecule has 0 saturated heterocycles. The topological polar surface area (TPSA) is 100 Å².